The lowest BCUT2D eigenvalue weighted by atomic mass is 10.1. The van der Waals surface area contributed by atoms with Gasteiger partial charge >= 0.3 is 5.97 Å². The SMILES string of the molecule is CCOC(=O)c1cc(N2C(=O)c3ccccc3C2=O)c(=O)n2ccccc12. The van der Waals surface area contributed by atoms with E-state index in [0.29, 0.717) is 5.52 Å². The number of fused-ring (bicyclic) bond motifs is 2. The summed E-state index contributed by atoms with van der Waals surface area (Å²) in [5, 5.41) is 0. The summed E-state index contributed by atoms with van der Waals surface area (Å²) in [7, 11) is 0. The van der Waals surface area contributed by atoms with Gasteiger partial charge in [0.15, 0.2) is 0 Å². The number of anilines is 1. The molecule has 0 bridgehead atoms. The van der Waals surface area contributed by atoms with Gasteiger partial charge in [-0.1, -0.05) is 18.2 Å². The van der Waals surface area contributed by atoms with E-state index < -0.39 is 23.3 Å². The number of rotatable bonds is 3. The van der Waals surface area contributed by atoms with E-state index in [4.69, 9.17) is 4.74 Å². The predicted molar refractivity (Wildman–Crippen MR) is 97.2 cm³/mol. The highest BCUT2D eigenvalue weighted by molar-refractivity contribution is 6.34. The molecule has 2 amide bonds. The van der Waals surface area contributed by atoms with E-state index in [0.717, 1.165) is 4.90 Å². The van der Waals surface area contributed by atoms with Crippen LogP contribution >= 0.6 is 0 Å². The highest BCUT2D eigenvalue weighted by atomic mass is 16.5. The fourth-order valence-electron chi connectivity index (χ4n) is 3.18. The molecule has 2 aromatic heterocycles. The van der Waals surface area contributed by atoms with Crippen molar-refractivity contribution in [1.29, 1.82) is 0 Å². The minimum atomic E-state index is -0.640. The Labute approximate surface area is 153 Å². The molecule has 3 aromatic rings. The van der Waals surface area contributed by atoms with Crippen LogP contribution in [0.15, 0.2) is 59.5 Å². The van der Waals surface area contributed by atoms with Crippen molar-refractivity contribution in [3.8, 4) is 0 Å². The standard InChI is InChI=1S/C20H14N2O5/c1-2-27-20(26)14-11-16(19(25)21-10-6-5-9-15(14)21)22-17(23)12-7-3-4-8-13(12)18(22)24/h3-11H,2H2,1H3. The predicted octanol–water partition coefficient (Wildman–Crippen LogP) is 2.28. The van der Waals surface area contributed by atoms with Crippen molar-refractivity contribution in [2.75, 3.05) is 11.5 Å². The molecule has 27 heavy (non-hydrogen) atoms. The highest BCUT2D eigenvalue weighted by Crippen LogP contribution is 2.27. The zero-order valence-corrected chi connectivity index (χ0v) is 14.3. The summed E-state index contributed by atoms with van der Waals surface area (Å²) in [6, 6.07) is 12.5. The summed E-state index contributed by atoms with van der Waals surface area (Å²) >= 11 is 0. The first-order valence-electron chi connectivity index (χ1n) is 8.34. The average molecular weight is 362 g/mol. The van der Waals surface area contributed by atoms with Crippen LogP contribution in [-0.4, -0.2) is 28.8 Å². The summed E-state index contributed by atoms with van der Waals surface area (Å²) in [4.78, 5) is 51.6. The molecule has 3 heterocycles. The smallest absolute Gasteiger partial charge is 0.340 e. The summed E-state index contributed by atoms with van der Waals surface area (Å²) in [5.41, 5.74) is 0.113. The molecule has 0 unspecified atom stereocenters. The van der Waals surface area contributed by atoms with Crippen LogP contribution in [0.2, 0.25) is 0 Å². The number of esters is 1. The fraction of sp³-hybridized carbons (Fsp3) is 0.100. The van der Waals surface area contributed by atoms with Crippen molar-refractivity contribution in [2.45, 2.75) is 6.92 Å². The van der Waals surface area contributed by atoms with Crippen LogP contribution in [-0.2, 0) is 4.74 Å². The lowest BCUT2D eigenvalue weighted by Crippen LogP contribution is -2.35. The molecule has 1 aromatic carbocycles. The second kappa shape index (κ2) is 6.21. The number of benzene rings is 1. The Morgan fingerprint density at radius 1 is 0.963 bits per heavy atom. The third kappa shape index (κ3) is 2.43. The molecule has 4 rings (SSSR count). The highest BCUT2D eigenvalue weighted by Gasteiger charge is 2.38. The fourth-order valence-corrected chi connectivity index (χ4v) is 3.18. The van der Waals surface area contributed by atoms with Gasteiger partial charge in [-0.2, -0.15) is 0 Å². The third-order valence-corrected chi connectivity index (χ3v) is 4.39. The van der Waals surface area contributed by atoms with Crippen molar-refractivity contribution < 1.29 is 19.1 Å². The van der Waals surface area contributed by atoms with Crippen molar-refractivity contribution in [3.05, 3.63) is 81.8 Å². The van der Waals surface area contributed by atoms with E-state index in [9.17, 15) is 19.2 Å². The maximum Gasteiger partial charge on any atom is 0.340 e. The van der Waals surface area contributed by atoms with Gasteiger partial charge < -0.3 is 4.74 Å². The van der Waals surface area contributed by atoms with E-state index in [-0.39, 0.29) is 29.0 Å². The molecule has 0 saturated carbocycles. The number of hydrogen-bond donors (Lipinski definition) is 0. The monoisotopic (exact) mass is 362 g/mol. The second-order valence-corrected chi connectivity index (χ2v) is 5.92. The molecule has 7 nitrogen and oxygen atoms in total. The number of nitrogens with zero attached hydrogens (tertiary/aromatic N) is 2. The van der Waals surface area contributed by atoms with Gasteiger partial charge in [0.2, 0.25) is 0 Å². The first kappa shape index (κ1) is 16.7. The number of ether oxygens (including phenoxy) is 1. The van der Waals surface area contributed by atoms with Gasteiger partial charge in [-0.3, -0.25) is 18.8 Å². The molecule has 0 atom stereocenters. The van der Waals surface area contributed by atoms with Crippen LogP contribution in [0.1, 0.15) is 38.0 Å². The number of carbonyl (C=O) groups excluding carboxylic acids is 3. The Hall–Kier alpha value is -3.74. The van der Waals surface area contributed by atoms with E-state index in [1.165, 1.54) is 28.8 Å². The lowest BCUT2D eigenvalue weighted by molar-refractivity contribution is 0.0527. The van der Waals surface area contributed by atoms with E-state index in [1.54, 1.807) is 37.3 Å². The maximum atomic E-state index is 13.0. The molecule has 1 aliphatic rings. The molecular weight excluding hydrogens is 348 g/mol. The average Bonchev–Trinajstić information content (AvgIpc) is 2.94. The normalized spacial score (nSPS) is 13.1. The molecule has 7 heteroatoms. The molecule has 0 spiro atoms. The Bertz CT molecular complexity index is 1140. The van der Waals surface area contributed by atoms with Crippen LogP contribution in [0.25, 0.3) is 5.52 Å². The zero-order valence-electron chi connectivity index (χ0n) is 14.3. The number of aromatic nitrogens is 1. The lowest BCUT2D eigenvalue weighted by Gasteiger charge is -2.16. The number of carbonyl (C=O) groups is 3. The van der Waals surface area contributed by atoms with Gasteiger partial charge in [-0.25, -0.2) is 9.69 Å². The zero-order chi connectivity index (χ0) is 19.1. The summed E-state index contributed by atoms with van der Waals surface area (Å²) in [6.07, 6.45) is 1.47. The molecule has 134 valence electrons. The first-order chi connectivity index (χ1) is 13.0. The molecule has 0 aliphatic carbocycles. The number of amides is 2. The number of pyridine rings is 2. The van der Waals surface area contributed by atoms with Crippen LogP contribution in [0.4, 0.5) is 5.69 Å². The van der Waals surface area contributed by atoms with Crippen LogP contribution in [0.5, 0.6) is 0 Å². The van der Waals surface area contributed by atoms with Crippen molar-refractivity contribution in [2.24, 2.45) is 0 Å². The van der Waals surface area contributed by atoms with E-state index in [2.05, 4.69) is 0 Å². The Morgan fingerprint density at radius 3 is 2.22 bits per heavy atom. The molecule has 0 saturated heterocycles. The molecule has 0 N–H and O–H groups in total. The maximum absolute atomic E-state index is 13.0. The van der Waals surface area contributed by atoms with Gasteiger partial charge in [0.05, 0.1) is 28.8 Å². The third-order valence-electron chi connectivity index (χ3n) is 4.39. The summed E-state index contributed by atoms with van der Waals surface area (Å²) in [5.74, 6) is -1.84. The summed E-state index contributed by atoms with van der Waals surface area (Å²) in [6.45, 7) is 1.82. The number of imide groups is 1. The van der Waals surface area contributed by atoms with E-state index in [1.807, 2.05) is 0 Å². The Balaban J connectivity index is 1.97. The topological polar surface area (TPSA) is 85.2 Å². The van der Waals surface area contributed by atoms with Crippen LogP contribution in [0, 0.1) is 0 Å². The largest absolute Gasteiger partial charge is 0.462 e. The Morgan fingerprint density at radius 2 is 1.59 bits per heavy atom. The van der Waals surface area contributed by atoms with Gasteiger partial charge in [-0.05, 0) is 37.3 Å². The second-order valence-electron chi connectivity index (χ2n) is 5.92. The van der Waals surface area contributed by atoms with Crippen LogP contribution < -0.4 is 10.5 Å². The number of hydrogen-bond acceptors (Lipinski definition) is 5. The minimum absolute atomic E-state index is 0.101. The van der Waals surface area contributed by atoms with Crippen LogP contribution in [0.3, 0.4) is 0 Å². The van der Waals surface area contributed by atoms with Gasteiger partial charge in [0.1, 0.15) is 5.69 Å². The van der Waals surface area contributed by atoms with Gasteiger partial charge in [-0.15, -0.1) is 0 Å². The Kier molecular flexibility index (Phi) is 3.84. The molecule has 1 aliphatic heterocycles. The van der Waals surface area contributed by atoms with Gasteiger partial charge in [0, 0.05) is 6.20 Å². The van der Waals surface area contributed by atoms with Crippen molar-refractivity contribution in [1.82, 2.24) is 4.40 Å². The molecule has 0 fully saturated rings. The van der Waals surface area contributed by atoms with Gasteiger partial charge in [0.25, 0.3) is 17.4 Å². The molecular formula is C20H14N2O5. The van der Waals surface area contributed by atoms with Crippen molar-refractivity contribution >= 4 is 29.0 Å². The van der Waals surface area contributed by atoms with E-state index >= 15 is 0 Å². The first-order valence-corrected chi connectivity index (χ1v) is 8.34. The summed E-state index contributed by atoms with van der Waals surface area (Å²) < 4.78 is 6.29. The van der Waals surface area contributed by atoms with Crippen molar-refractivity contribution in [3.63, 3.8) is 0 Å². The quantitative estimate of drug-likeness (QED) is 0.527. The minimum Gasteiger partial charge on any atom is -0.462 e. The molecule has 0 radical (unpaired) electrons.